The molecule has 184 valence electrons. The summed E-state index contributed by atoms with van der Waals surface area (Å²) in [5, 5.41) is 13.5. The van der Waals surface area contributed by atoms with Gasteiger partial charge in [-0.05, 0) is 70.0 Å². The lowest BCUT2D eigenvalue weighted by Gasteiger charge is -2.12. The van der Waals surface area contributed by atoms with Gasteiger partial charge in [-0.3, -0.25) is 19.2 Å². The maximum Gasteiger partial charge on any atom is 0.318 e. The molecule has 3 N–H and O–H groups in total. The number of aryl methyl sites for hydroxylation is 2. The van der Waals surface area contributed by atoms with Crippen molar-refractivity contribution in [2.24, 2.45) is 11.8 Å². The Balaban J connectivity index is 0.000000342. The van der Waals surface area contributed by atoms with Crippen molar-refractivity contribution < 1.29 is 37.8 Å². The molecule has 8 nitrogen and oxygen atoms in total. The topological polar surface area (TPSA) is 122 Å². The van der Waals surface area contributed by atoms with Crippen molar-refractivity contribution in [3.63, 3.8) is 0 Å². The highest BCUT2D eigenvalue weighted by Gasteiger charge is 2.23. The SMILES string of the molecule is CCOC(=O)C(C)C(=O)Nc1cc(F)ccc1C.Cc1ccc(F)cc1NC(=O)C(C)C(=O)O. The molecule has 2 unspecified atom stereocenters. The lowest BCUT2D eigenvalue weighted by atomic mass is 10.1. The number of hydrogen-bond donors (Lipinski definition) is 3. The van der Waals surface area contributed by atoms with Crippen molar-refractivity contribution >= 4 is 35.1 Å². The van der Waals surface area contributed by atoms with Crippen molar-refractivity contribution in [1.82, 2.24) is 0 Å². The monoisotopic (exact) mass is 478 g/mol. The van der Waals surface area contributed by atoms with Crippen LogP contribution in [0.5, 0.6) is 0 Å². The Kier molecular flexibility index (Phi) is 10.8. The molecule has 0 radical (unpaired) electrons. The highest BCUT2D eigenvalue weighted by atomic mass is 19.1. The van der Waals surface area contributed by atoms with E-state index in [2.05, 4.69) is 10.6 Å². The van der Waals surface area contributed by atoms with Crippen LogP contribution in [0, 0.1) is 37.3 Å². The molecule has 0 aromatic heterocycles. The Morgan fingerprint density at radius 1 is 0.853 bits per heavy atom. The van der Waals surface area contributed by atoms with Gasteiger partial charge in [0.25, 0.3) is 0 Å². The van der Waals surface area contributed by atoms with Gasteiger partial charge in [0, 0.05) is 11.4 Å². The summed E-state index contributed by atoms with van der Waals surface area (Å²) in [4.78, 5) is 45.1. The summed E-state index contributed by atoms with van der Waals surface area (Å²) in [7, 11) is 0. The molecule has 34 heavy (non-hydrogen) atoms. The second-order valence-corrected chi connectivity index (χ2v) is 7.43. The second-order valence-electron chi connectivity index (χ2n) is 7.43. The molecular formula is C24H28F2N2O6. The number of hydrogen-bond acceptors (Lipinski definition) is 5. The third kappa shape index (κ3) is 8.61. The fourth-order valence-corrected chi connectivity index (χ4v) is 2.43. The summed E-state index contributed by atoms with van der Waals surface area (Å²) in [6, 6.07) is 8.01. The van der Waals surface area contributed by atoms with Crippen LogP contribution in [0.25, 0.3) is 0 Å². The number of nitrogens with one attached hydrogen (secondary N) is 2. The first kappa shape index (κ1) is 28.2. The minimum Gasteiger partial charge on any atom is -0.481 e. The van der Waals surface area contributed by atoms with E-state index < -0.39 is 47.2 Å². The predicted octanol–water partition coefficient (Wildman–Crippen LogP) is 4.07. The third-order valence-corrected chi connectivity index (χ3v) is 4.71. The number of anilines is 2. The lowest BCUT2D eigenvalue weighted by molar-refractivity contribution is -0.150. The molecule has 10 heteroatoms. The smallest absolute Gasteiger partial charge is 0.318 e. The summed E-state index contributed by atoms with van der Waals surface area (Å²) in [6.07, 6.45) is 0. The normalized spacial score (nSPS) is 11.9. The van der Waals surface area contributed by atoms with Gasteiger partial charge in [-0.15, -0.1) is 0 Å². The van der Waals surface area contributed by atoms with E-state index in [0.29, 0.717) is 11.3 Å². The molecule has 0 bridgehead atoms. The largest absolute Gasteiger partial charge is 0.481 e. The van der Waals surface area contributed by atoms with Crippen molar-refractivity contribution in [2.45, 2.75) is 34.6 Å². The molecule has 0 saturated heterocycles. The molecule has 0 aliphatic carbocycles. The summed E-state index contributed by atoms with van der Waals surface area (Å²) >= 11 is 0. The van der Waals surface area contributed by atoms with Crippen LogP contribution in [0.1, 0.15) is 31.9 Å². The fourth-order valence-electron chi connectivity index (χ4n) is 2.43. The number of halogens is 2. The molecule has 2 rings (SSSR count). The number of amides is 2. The van der Waals surface area contributed by atoms with E-state index in [0.717, 1.165) is 11.6 Å². The molecule has 0 heterocycles. The minimum atomic E-state index is -1.22. The maximum absolute atomic E-state index is 13.0. The molecular weight excluding hydrogens is 450 g/mol. The number of esters is 1. The van der Waals surface area contributed by atoms with E-state index >= 15 is 0 Å². The van der Waals surface area contributed by atoms with E-state index in [9.17, 15) is 28.0 Å². The third-order valence-electron chi connectivity index (χ3n) is 4.71. The summed E-state index contributed by atoms with van der Waals surface area (Å²) in [6.45, 7) is 8.04. The van der Waals surface area contributed by atoms with Crippen molar-refractivity contribution in [3.05, 3.63) is 59.2 Å². The standard InChI is InChI=1S/C13H16FNO3.C11H12FNO3/c1-4-18-13(17)9(3)12(16)15-11-7-10(14)6-5-8(11)2;1-6-3-4-8(12)5-9(6)13-10(14)7(2)11(15)16/h5-7,9H,4H2,1-3H3,(H,15,16);3-5,7H,1-2H3,(H,13,14)(H,15,16). The number of rotatable bonds is 7. The van der Waals surface area contributed by atoms with Gasteiger partial charge in [-0.25, -0.2) is 8.78 Å². The Morgan fingerprint density at radius 2 is 1.26 bits per heavy atom. The van der Waals surface area contributed by atoms with E-state index in [1.807, 2.05) is 0 Å². The zero-order chi connectivity index (χ0) is 26.0. The van der Waals surface area contributed by atoms with Gasteiger partial charge in [0.15, 0.2) is 0 Å². The van der Waals surface area contributed by atoms with Crippen LogP contribution in [-0.2, 0) is 23.9 Å². The second kappa shape index (κ2) is 13.0. The van der Waals surface area contributed by atoms with Gasteiger partial charge in [0.2, 0.25) is 11.8 Å². The van der Waals surface area contributed by atoms with Gasteiger partial charge in [0.1, 0.15) is 23.5 Å². The predicted molar refractivity (Wildman–Crippen MR) is 122 cm³/mol. The van der Waals surface area contributed by atoms with E-state index in [4.69, 9.17) is 9.84 Å². The van der Waals surface area contributed by atoms with Crippen LogP contribution in [-0.4, -0.2) is 35.5 Å². The number of aliphatic carboxylic acids is 1. The van der Waals surface area contributed by atoms with Gasteiger partial charge in [-0.1, -0.05) is 12.1 Å². The number of carbonyl (C=O) groups is 4. The maximum atomic E-state index is 13.0. The number of carbonyl (C=O) groups excluding carboxylic acids is 3. The highest BCUT2D eigenvalue weighted by Crippen LogP contribution is 2.18. The first-order valence-electron chi connectivity index (χ1n) is 10.4. The molecule has 0 aliphatic heterocycles. The number of carboxylic acids is 1. The summed E-state index contributed by atoms with van der Waals surface area (Å²) in [5.74, 6) is -6.00. The number of ether oxygens (including phenoxy) is 1. The zero-order valence-electron chi connectivity index (χ0n) is 19.6. The van der Waals surface area contributed by atoms with Gasteiger partial charge >= 0.3 is 11.9 Å². The Labute approximate surface area is 196 Å². The number of carboxylic acid groups (broad SMARTS) is 1. The van der Waals surface area contributed by atoms with Crippen LogP contribution in [0.3, 0.4) is 0 Å². The van der Waals surface area contributed by atoms with Crippen LogP contribution in [0.4, 0.5) is 20.2 Å². The summed E-state index contributed by atoms with van der Waals surface area (Å²) in [5.41, 5.74) is 2.04. The van der Waals surface area contributed by atoms with E-state index in [1.165, 1.54) is 38.1 Å². The quantitative estimate of drug-likeness (QED) is 0.408. The van der Waals surface area contributed by atoms with Gasteiger partial charge in [0.05, 0.1) is 6.61 Å². The average molecular weight is 478 g/mol. The van der Waals surface area contributed by atoms with Gasteiger partial charge in [-0.2, -0.15) is 0 Å². The lowest BCUT2D eigenvalue weighted by Crippen LogP contribution is -2.29. The molecule has 0 spiro atoms. The van der Waals surface area contributed by atoms with Crippen molar-refractivity contribution in [3.8, 4) is 0 Å². The highest BCUT2D eigenvalue weighted by molar-refractivity contribution is 6.05. The summed E-state index contributed by atoms with van der Waals surface area (Å²) < 4.78 is 30.7. The minimum absolute atomic E-state index is 0.218. The zero-order valence-corrected chi connectivity index (χ0v) is 19.6. The molecule has 2 amide bonds. The average Bonchev–Trinajstić information content (AvgIpc) is 2.78. The first-order valence-corrected chi connectivity index (χ1v) is 10.4. The molecule has 0 saturated carbocycles. The van der Waals surface area contributed by atoms with Crippen LogP contribution < -0.4 is 10.6 Å². The number of benzene rings is 2. The molecule has 2 aromatic carbocycles. The van der Waals surface area contributed by atoms with Crippen LogP contribution >= 0.6 is 0 Å². The molecule has 2 atom stereocenters. The van der Waals surface area contributed by atoms with Crippen LogP contribution in [0.2, 0.25) is 0 Å². The fraction of sp³-hybridized carbons (Fsp3) is 0.333. The first-order chi connectivity index (χ1) is 15.9. The van der Waals surface area contributed by atoms with E-state index in [1.54, 1.807) is 26.8 Å². The van der Waals surface area contributed by atoms with Crippen molar-refractivity contribution in [1.29, 1.82) is 0 Å². The van der Waals surface area contributed by atoms with Crippen molar-refractivity contribution in [2.75, 3.05) is 17.2 Å². The Hall–Kier alpha value is -3.82. The van der Waals surface area contributed by atoms with Gasteiger partial charge < -0.3 is 20.5 Å². The molecule has 0 aliphatic rings. The van der Waals surface area contributed by atoms with E-state index in [-0.39, 0.29) is 12.3 Å². The Bertz CT molecular complexity index is 1060. The Morgan fingerprint density at radius 3 is 1.65 bits per heavy atom. The molecule has 2 aromatic rings. The van der Waals surface area contributed by atoms with Crippen LogP contribution in [0.15, 0.2) is 36.4 Å². The molecule has 0 fully saturated rings.